The van der Waals surface area contributed by atoms with Gasteiger partial charge in [-0.05, 0) is 48.2 Å². The molecule has 2 saturated heterocycles. The summed E-state index contributed by atoms with van der Waals surface area (Å²) in [5.41, 5.74) is 5.02. The smallest absolute Gasteiger partial charge is 0.315 e. The van der Waals surface area contributed by atoms with Crippen molar-refractivity contribution in [1.29, 1.82) is 0 Å². The Morgan fingerprint density at radius 1 is 0.800 bits per heavy atom. The van der Waals surface area contributed by atoms with Crippen LogP contribution in [0.1, 0.15) is 66.4 Å². The van der Waals surface area contributed by atoms with Gasteiger partial charge in [0.2, 0.25) is 0 Å². The van der Waals surface area contributed by atoms with Crippen LogP contribution in [0.4, 0.5) is 4.79 Å². The number of aliphatic hydroxyl groups is 1. The van der Waals surface area contributed by atoms with Gasteiger partial charge in [-0.25, -0.2) is 4.79 Å². The van der Waals surface area contributed by atoms with Crippen LogP contribution in [0.5, 0.6) is 0 Å². The molecule has 0 radical (unpaired) electrons. The molecule has 3 aromatic carbocycles. The summed E-state index contributed by atoms with van der Waals surface area (Å²) in [6, 6.07) is 25.8. The topological polar surface area (TPSA) is 83.1 Å². The van der Waals surface area contributed by atoms with Crippen molar-refractivity contribution in [2.45, 2.75) is 64.4 Å². The van der Waals surface area contributed by atoms with E-state index in [0.29, 0.717) is 13.1 Å². The van der Waals surface area contributed by atoms with E-state index < -0.39 is 6.29 Å². The Bertz CT molecular complexity index is 1200. The van der Waals surface area contributed by atoms with Gasteiger partial charge in [0.25, 0.3) is 0 Å². The third-order valence-electron chi connectivity index (χ3n) is 8.01. The van der Waals surface area contributed by atoms with Crippen molar-refractivity contribution < 1.29 is 19.4 Å². The Kier molecular flexibility index (Phi) is 9.84. The van der Waals surface area contributed by atoms with Crippen molar-refractivity contribution in [2.75, 3.05) is 19.6 Å². The molecule has 0 aliphatic carbocycles. The maximum atomic E-state index is 12.3. The van der Waals surface area contributed by atoms with E-state index in [1.54, 1.807) is 0 Å². The highest BCUT2D eigenvalue weighted by Crippen LogP contribution is 2.42. The first kappa shape index (κ1) is 28.3. The molecule has 2 aliphatic heterocycles. The molecule has 7 nitrogen and oxygen atoms in total. The van der Waals surface area contributed by atoms with E-state index in [4.69, 9.17) is 9.47 Å². The van der Waals surface area contributed by atoms with Gasteiger partial charge in [0.15, 0.2) is 6.29 Å². The molecule has 2 aliphatic rings. The number of ether oxygens (including phenoxy) is 2. The van der Waals surface area contributed by atoms with E-state index in [2.05, 4.69) is 34.6 Å². The SMILES string of the molecule is CC1C(CN2CCCCC2)OC(c2ccc(CNC(=O)NCc3ccccc3)cc2)OC1c1ccc(CO)cc1. The van der Waals surface area contributed by atoms with Crippen LogP contribution in [0.15, 0.2) is 78.9 Å². The van der Waals surface area contributed by atoms with Gasteiger partial charge in [0.05, 0.1) is 18.8 Å². The van der Waals surface area contributed by atoms with Crippen LogP contribution >= 0.6 is 0 Å². The number of likely N-dealkylation sites (tertiary alicyclic amines) is 1. The van der Waals surface area contributed by atoms with Gasteiger partial charge in [-0.3, -0.25) is 0 Å². The molecule has 2 heterocycles. The molecule has 2 amide bonds. The van der Waals surface area contributed by atoms with E-state index in [1.807, 2.05) is 66.7 Å². The van der Waals surface area contributed by atoms with Crippen molar-refractivity contribution in [3.63, 3.8) is 0 Å². The fourth-order valence-electron chi connectivity index (χ4n) is 5.54. The minimum Gasteiger partial charge on any atom is -0.392 e. The van der Waals surface area contributed by atoms with Gasteiger partial charge in [0.1, 0.15) is 0 Å². The summed E-state index contributed by atoms with van der Waals surface area (Å²) in [5.74, 6) is 0.177. The largest absolute Gasteiger partial charge is 0.392 e. The number of carbonyl (C=O) groups excluding carboxylic acids is 1. The number of nitrogens with zero attached hydrogens (tertiary/aromatic N) is 1. The molecule has 0 bridgehead atoms. The molecule has 40 heavy (non-hydrogen) atoms. The quantitative estimate of drug-likeness (QED) is 0.334. The zero-order chi connectivity index (χ0) is 27.7. The number of benzene rings is 3. The lowest BCUT2D eigenvalue weighted by molar-refractivity contribution is -0.276. The van der Waals surface area contributed by atoms with Crippen molar-refractivity contribution in [3.8, 4) is 0 Å². The Labute approximate surface area is 237 Å². The number of amides is 2. The molecule has 5 rings (SSSR count). The molecule has 0 spiro atoms. The van der Waals surface area contributed by atoms with E-state index in [1.165, 1.54) is 19.3 Å². The number of urea groups is 1. The van der Waals surface area contributed by atoms with Gasteiger partial charge in [0, 0.05) is 31.1 Å². The van der Waals surface area contributed by atoms with E-state index in [-0.39, 0.29) is 30.8 Å². The van der Waals surface area contributed by atoms with E-state index in [9.17, 15) is 9.90 Å². The number of carbonyl (C=O) groups is 1. The molecule has 0 aromatic heterocycles. The molecule has 212 valence electrons. The summed E-state index contributed by atoms with van der Waals surface area (Å²) in [4.78, 5) is 14.8. The van der Waals surface area contributed by atoms with Gasteiger partial charge in [-0.1, -0.05) is 92.2 Å². The summed E-state index contributed by atoms with van der Waals surface area (Å²) in [7, 11) is 0. The van der Waals surface area contributed by atoms with Gasteiger partial charge >= 0.3 is 6.03 Å². The molecule has 4 atom stereocenters. The Hall–Kier alpha value is -3.23. The minimum atomic E-state index is -0.482. The summed E-state index contributed by atoms with van der Waals surface area (Å²) in [6.07, 6.45) is 3.23. The molecule has 2 fully saturated rings. The normalized spacial score (nSPS) is 23.4. The monoisotopic (exact) mass is 543 g/mol. The molecule has 3 N–H and O–H groups in total. The maximum Gasteiger partial charge on any atom is 0.315 e. The molecule has 0 saturated carbocycles. The number of rotatable bonds is 9. The van der Waals surface area contributed by atoms with Crippen molar-refractivity contribution >= 4 is 6.03 Å². The fourth-order valence-corrected chi connectivity index (χ4v) is 5.54. The molecular formula is C33H41N3O4. The van der Waals surface area contributed by atoms with Crippen LogP contribution in [0.2, 0.25) is 0 Å². The summed E-state index contributed by atoms with van der Waals surface area (Å²) in [6.45, 7) is 6.30. The Morgan fingerprint density at radius 3 is 2.05 bits per heavy atom. The lowest BCUT2D eigenvalue weighted by atomic mass is 9.89. The molecular weight excluding hydrogens is 502 g/mol. The number of hydrogen-bond donors (Lipinski definition) is 3. The van der Waals surface area contributed by atoms with E-state index in [0.717, 1.165) is 47.5 Å². The average Bonchev–Trinajstić information content (AvgIpc) is 3.01. The second-order valence-corrected chi connectivity index (χ2v) is 10.9. The first-order valence-corrected chi connectivity index (χ1v) is 14.5. The summed E-state index contributed by atoms with van der Waals surface area (Å²) in [5, 5.41) is 15.3. The maximum absolute atomic E-state index is 12.3. The van der Waals surface area contributed by atoms with Gasteiger partial charge in [-0.2, -0.15) is 0 Å². The third kappa shape index (κ3) is 7.49. The second-order valence-electron chi connectivity index (χ2n) is 10.9. The molecule has 3 aromatic rings. The van der Waals surface area contributed by atoms with Crippen LogP contribution in [0.3, 0.4) is 0 Å². The van der Waals surface area contributed by atoms with Crippen LogP contribution in [0.25, 0.3) is 0 Å². The predicted octanol–water partition coefficient (Wildman–Crippen LogP) is 5.46. The standard InChI is InChI=1S/C33H41N3O4/c1-24-30(22-36-18-6-3-7-19-36)39-32(40-31(24)28-14-12-27(23-37)13-15-28)29-16-10-26(11-17-29)21-35-33(38)34-20-25-8-4-2-5-9-25/h2,4-5,8-17,24,30-32,37H,3,6-7,18-23H2,1H3,(H2,34,35,38). The van der Waals surface area contributed by atoms with Crippen LogP contribution in [-0.2, 0) is 29.2 Å². The van der Waals surface area contributed by atoms with Crippen LogP contribution in [0, 0.1) is 5.92 Å². The Morgan fingerprint density at radius 2 is 1.40 bits per heavy atom. The fraction of sp³-hybridized carbons (Fsp3) is 0.424. The highest BCUT2D eigenvalue weighted by molar-refractivity contribution is 5.73. The van der Waals surface area contributed by atoms with Crippen molar-refractivity contribution in [3.05, 3.63) is 107 Å². The average molecular weight is 544 g/mol. The molecule has 4 unspecified atom stereocenters. The number of piperidine rings is 1. The van der Waals surface area contributed by atoms with Gasteiger partial charge in [-0.15, -0.1) is 0 Å². The zero-order valence-electron chi connectivity index (χ0n) is 23.3. The van der Waals surface area contributed by atoms with Crippen molar-refractivity contribution in [2.24, 2.45) is 5.92 Å². The van der Waals surface area contributed by atoms with Crippen LogP contribution in [-0.4, -0.2) is 41.8 Å². The highest BCUT2D eigenvalue weighted by Gasteiger charge is 2.39. The summed E-state index contributed by atoms with van der Waals surface area (Å²) >= 11 is 0. The lowest BCUT2D eigenvalue weighted by Crippen LogP contribution is -2.45. The minimum absolute atomic E-state index is 0.0283. The van der Waals surface area contributed by atoms with Crippen LogP contribution < -0.4 is 10.6 Å². The second kappa shape index (κ2) is 13.9. The van der Waals surface area contributed by atoms with Gasteiger partial charge < -0.3 is 30.1 Å². The molecule has 7 heteroatoms. The number of hydrogen-bond acceptors (Lipinski definition) is 5. The third-order valence-corrected chi connectivity index (χ3v) is 8.01. The number of nitrogens with one attached hydrogen (secondary N) is 2. The lowest BCUT2D eigenvalue weighted by Gasteiger charge is -2.43. The number of aliphatic hydroxyl groups excluding tert-OH is 1. The first-order valence-electron chi connectivity index (χ1n) is 14.5. The van der Waals surface area contributed by atoms with E-state index >= 15 is 0 Å². The Balaban J connectivity index is 1.23. The highest BCUT2D eigenvalue weighted by atomic mass is 16.7. The first-order chi connectivity index (χ1) is 19.6. The van der Waals surface area contributed by atoms with Crippen molar-refractivity contribution in [1.82, 2.24) is 15.5 Å². The summed E-state index contributed by atoms with van der Waals surface area (Å²) < 4.78 is 13.2. The predicted molar refractivity (Wildman–Crippen MR) is 155 cm³/mol. The zero-order valence-corrected chi connectivity index (χ0v) is 23.3.